The van der Waals surface area contributed by atoms with Crippen molar-refractivity contribution < 1.29 is 19.0 Å². The number of rotatable bonds is 8. The highest BCUT2D eigenvalue weighted by Crippen LogP contribution is 2.37. The molecule has 2 aromatic carbocycles. The Morgan fingerprint density at radius 2 is 2.03 bits per heavy atom. The van der Waals surface area contributed by atoms with E-state index < -0.39 is 12.1 Å². The SMILES string of the molecule is CCOC(=O)[C@@H](C)Oc1c(Cl)cc(C=Nn2c(C3CCCCC3)nc3ccc(Br)cc3c2=O)cc1OC. The zero-order valence-corrected chi connectivity index (χ0v) is 23.3. The Labute approximate surface area is 228 Å². The third-order valence-electron chi connectivity index (χ3n) is 6.29. The minimum absolute atomic E-state index is 0.157. The van der Waals surface area contributed by atoms with Crippen molar-refractivity contribution in [2.45, 2.75) is 58.0 Å². The molecule has 8 nitrogen and oxygen atoms in total. The molecule has 0 bridgehead atoms. The number of hydrogen-bond acceptors (Lipinski definition) is 7. The van der Waals surface area contributed by atoms with Crippen molar-refractivity contribution in [1.82, 2.24) is 9.66 Å². The van der Waals surface area contributed by atoms with Crippen LogP contribution in [0.5, 0.6) is 11.5 Å². The monoisotopic (exact) mass is 589 g/mol. The summed E-state index contributed by atoms with van der Waals surface area (Å²) in [6.45, 7) is 3.55. The summed E-state index contributed by atoms with van der Waals surface area (Å²) in [6.07, 6.45) is 5.99. The Morgan fingerprint density at radius 3 is 2.73 bits per heavy atom. The first kappa shape index (κ1) is 27.1. The van der Waals surface area contributed by atoms with Gasteiger partial charge in [-0.05, 0) is 62.6 Å². The Morgan fingerprint density at radius 1 is 1.27 bits per heavy atom. The molecule has 1 heterocycles. The summed E-state index contributed by atoms with van der Waals surface area (Å²) >= 11 is 9.94. The van der Waals surface area contributed by atoms with Crippen LogP contribution >= 0.6 is 27.5 Å². The second kappa shape index (κ2) is 12.1. The van der Waals surface area contributed by atoms with Crippen LogP contribution in [-0.4, -0.2) is 41.7 Å². The molecule has 196 valence electrons. The van der Waals surface area contributed by atoms with Gasteiger partial charge in [0.05, 0.1) is 35.9 Å². The van der Waals surface area contributed by atoms with E-state index in [1.165, 1.54) is 18.2 Å². The van der Waals surface area contributed by atoms with Gasteiger partial charge in [0.25, 0.3) is 5.56 Å². The number of halogens is 2. The molecule has 1 saturated carbocycles. The third kappa shape index (κ3) is 6.15. The lowest BCUT2D eigenvalue weighted by Crippen LogP contribution is -2.26. The van der Waals surface area contributed by atoms with Gasteiger partial charge < -0.3 is 14.2 Å². The van der Waals surface area contributed by atoms with Crippen molar-refractivity contribution >= 4 is 50.6 Å². The van der Waals surface area contributed by atoms with Gasteiger partial charge in [-0.1, -0.05) is 46.8 Å². The summed E-state index contributed by atoms with van der Waals surface area (Å²) in [6, 6.07) is 8.81. The number of hydrogen-bond donors (Lipinski definition) is 0. The topological polar surface area (TPSA) is 92.0 Å². The lowest BCUT2D eigenvalue weighted by Gasteiger charge is -2.22. The van der Waals surface area contributed by atoms with Crippen molar-refractivity contribution in [2.75, 3.05) is 13.7 Å². The van der Waals surface area contributed by atoms with Gasteiger partial charge in [-0.3, -0.25) is 4.79 Å². The number of fused-ring (bicyclic) bond motifs is 1. The van der Waals surface area contributed by atoms with Crippen LogP contribution in [0.25, 0.3) is 10.9 Å². The Kier molecular flexibility index (Phi) is 8.87. The van der Waals surface area contributed by atoms with Gasteiger partial charge in [-0.2, -0.15) is 9.78 Å². The Balaban J connectivity index is 1.73. The van der Waals surface area contributed by atoms with Gasteiger partial charge in [0.15, 0.2) is 17.6 Å². The predicted molar refractivity (Wildman–Crippen MR) is 147 cm³/mol. The summed E-state index contributed by atoms with van der Waals surface area (Å²) < 4.78 is 18.4. The lowest BCUT2D eigenvalue weighted by molar-refractivity contribution is -0.150. The standard InChI is InChI=1S/C27H29BrClN3O5/c1-4-36-27(34)16(2)37-24-21(29)12-17(13-23(24)35-3)15-30-32-25(18-8-6-5-7-9-18)31-22-11-10-19(28)14-20(22)26(32)33/h10-16,18H,4-9H2,1-3H3/t16-/m1/s1. The van der Waals surface area contributed by atoms with Crippen LogP contribution in [0.3, 0.4) is 0 Å². The van der Waals surface area contributed by atoms with Crippen molar-refractivity contribution in [3.05, 3.63) is 61.6 Å². The van der Waals surface area contributed by atoms with E-state index in [4.69, 9.17) is 30.8 Å². The van der Waals surface area contributed by atoms with Crippen molar-refractivity contribution in [2.24, 2.45) is 5.10 Å². The molecule has 10 heteroatoms. The summed E-state index contributed by atoms with van der Waals surface area (Å²) in [5, 5.41) is 5.28. The van der Waals surface area contributed by atoms with Crippen LogP contribution in [-0.2, 0) is 9.53 Å². The van der Waals surface area contributed by atoms with Gasteiger partial charge in [0.2, 0.25) is 0 Å². The highest BCUT2D eigenvalue weighted by molar-refractivity contribution is 9.10. The number of aromatic nitrogens is 2. The molecule has 37 heavy (non-hydrogen) atoms. The average Bonchev–Trinajstić information content (AvgIpc) is 2.90. The van der Waals surface area contributed by atoms with Crippen LogP contribution < -0.4 is 15.0 Å². The van der Waals surface area contributed by atoms with Crippen LogP contribution in [0.15, 0.2) is 44.7 Å². The van der Waals surface area contributed by atoms with E-state index >= 15 is 0 Å². The van der Waals surface area contributed by atoms with Crippen molar-refractivity contribution in [1.29, 1.82) is 0 Å². The zero-order valence-electron chi connectivity index (χ0n) is 21.0. The number of carbonyl (C=O) groups excluding carboxylic acids is 1. The van der Waals surface area contributed by atoms with E-state index in [0.717, 1.165) is 30.2 Å². The molecule has 1 fully saturated rings. The summed E-state index contributed by atoms with van der Waals surface area (Å²) in [7, 11) is 1.48. The zero-order chi connectivity index (χ0) is 26.5. The predicted octanol–water partition coefficient (Wildman–Crippen LogP) is 6.08. The number of methoxy groups -OCH3 is 1. The molecule has 0 spiro atoms. The summed E-state index contributed by atoms with van der Waals surface area (Å²) in [5.74, 6) is 0.864. The first-order valence-electron chi connectivity index (χ1n) is 12.3. The highest BCUT2D eigenvalue weighted by Gasteiger charge is 2.23. The maximum Gasteiger partial charge on any atom is 0.347 e. The van der Waals surface area contributed by atoms with Crippen molar-refractivity contribution in [3.63, 3.8) is 0 Å². The number of benzene rings is 2. The fourth-order valence-electron chi connectivity index (χ4n) is 4.44. The van der Waals surface area contributed by atoms with Gasteiger partial charge in [0, 0.05) is 10.4 Å². The molecule has 0 aliphatic heterocycles. The second-order valence-electron chi connectivity index (χ2n) is 8.87. The quantitative estimate of drug-likeness (QED) is 0.233. The first-order chi connectivity index (χ1) is 17.8. The first-order valence-corrected chi connectivity index (χ1v) is 13.5. The fraction of sp³-hybridized carbons (Fsp3) is 0.407. The van der Waals surface area contributed by atoms with Crippen molar-refractivity contribution in [3.8, 4) is 11.5 Å². The van der Waals surface area contributed by atoms with E-state index in [0.29, 0.717) is 28.0 Å². The number of esters is 1. The number of carbonyl (C=O) groups is 1. The Bertz CT molecular complexity index is 1380. The van der Waals surface area contributed by atoms with Crippen LogP contribution in [0.1, 0.15) is 63.3 Å². The molecule has 1 aliphatic carbocycles. The molecule has 4 rings (SSSR count). The maximum atomic E-state index is 13.5. The minimum Gasteiger partial charge on any atom is -0.493 e. The number of ether oxygens (including phenoxy) is 3. The molecule has 3 aromatic rings. The van der Waals surface area contributed by atoms with E-state index in [2.05, 4.69) is 21.0 Å². The average molecular weight is 591 g/mol. The van der Waals surface area contributed by atoms with Gasteiger partial charge >= 0.3 is 5.97 Å². The maximum absolute atomic E-state index is 13.5. The second-order valence-corrected chi connectivity index (χ2v) is 10.2. The molecule has 0 saturated heterocycles. The van der Waals surface area contributed by atoms with Crippen LogP contribution in [0, 0.1) is 0 Å². The van der Waals surface area contributed by atoms with E-state index in [-0.39, 0.29) is 28.9 Å². The summed E-state index contributed by atoms with van der Waals surface area (Å²) in [5.41, 5.74) is 1.01. The highest BCUT2D eigenvalue weighted by atomic mass is 79.9. The van der Waals surface area contributed by atoms with Gasteiger partial charge in [-0.25, -0.2) is 9.78 Å². The third-order valence-corrected chi connectivity index (χ3v) is 7.06. The summed E-state index contributed by atoms with van der Waals surface area (Å²) in [4.78, 5) is 30.4. The minimum atomic E-state index is -0.870. The molecule has 1 aliphatic rings. The molecule has 0 amide bonds. The Hall–Kier alpha value is -2.91. The van der Waals surface area contributed by atoms with E-state index in [1.54, 1.807) is 38.3 Å². The number of nitrogens with zero attached hydrogens (tertiary/aromatic N) is 3. The normalized spacial score (nSPS) is 15.2. The molecule has 1 atom stereocenters. The molecule has 1 aromatic heterocycles. The van der Waals surface area contributed by atoms with E-state index in [1.807, 2.05) is 12.1 Å². The molecular weight excluding hydrogens is 562 g/mol. The van der Waals surface area contributed by atoms with E-state index in [9.17, 15) is 9.59 Å². The molecule has 0 unspecified atom stereocenters. The van der Waals surface area contributed by atoms with Crippen LogP contribution in [0.4, 0.5) is 0 Å². The fourth-order valence-corrected chi connectivity index (χ4v) is 5.06. The van der Waals surface area contributed by atoms with Gasteiger partial charge in [0.1, 0.15) is 5.82 Å². The van der Waals surface area contributed by atoms with Crippen LogP contribution in [0.2, 0.25) is 5.02 Å². The molecule has 0 N–H and O–H groups in total. The smallest absolute Gasteiger partial charge is 0.347 e. The molecule has 0 radical (unpaired) electrons. The lowest BCUT2D eigenvalue weighted by atomic mass is 9.88. The molecular formula is C27H29BrClN3O5. The largest absolute Gasteiger partial charge is 0.493 e. The van der Waals surface area contributed by atoms with Gasteiger partial charge in [-0.15, -0.1) is 0 Å².